The highest BCUT2D eigenvalue weighted by Gasteiger charge is 2.18. The summed E-state index contributed by atoms with van der Waals surface area (Å²) in [6, 6.07) is 5.34. The summed E-state index contributed by atoms with van der Waals surface area (Å²) in [6.07, 6.45) is 0. The number of hydrogen-bond acceptors (Lipinski definition) is 2. The zero-order valence-corrected chi connectivity index (χ0v) is 12.2. The number of hydrogen-bond donors (Lipinski definition) is 0. The Labute approximate surface area is 114 Å². The van der Waals surface area contributed by atoms with Gasteiger partial charge in [0.2, 0.25) is 0 Å². The molecule has 1 heterocycles. The first-order valence-electron chi connectivity index (χ1n) is 5.81. The Morgan fingerprint density at radius 1 is 1.33 bits per heavy atom. The Balaban J connectivity index is 2.60. The van der Waals surface area contributed by atoms with Crippen molar-refractivity contribution < 1.29 is 4.39 Å². The van der Waals surface area contributed by atoms with Crippen LogP contribution in [0.3, 0.4) is 0 Å². The summed E-state index contributed by atoms with van der Waals surface area (Å²) in [6.45, 7) is 5.93. The van der Waals surface area contributed by atoms with Gasteiger partial charge >= 0.3 is 0 Å². The Morgan fingerprint density at radius 3 is 2.61 bits per heavy atom. The average molecular weight is 312 g/mol. The summed E-state index contributed by atoms with van der Waals surface area (Å²) in [4.78, 5) is 0. The third kappa shape index (κ3) is 2.32. The summed E-state index contributed by atoms with van der Waals surface area (Å²) in [5, 5.41) is 8.81. The molecule has 0 aliphatic carbocycles. The lowest BCUT2D eigenvalue weighted by Crippen LogP contribution is -2.07. The molecule has 0 N–H and O–H groups in total. The predicted octanol–water partition coefficient (Wildman–Crippen LogP) is 3.87. The van der Waals surface area contributed by atoms with Gasteiger partial charge in [0.15, 0.2) is 5.82 Å². The summed E-state index contributed by atoms with van der Waals surface area (Å²) in [5.41, 5.74) is 1.39. The fourth-order valence-corrected chi connectivity index (χ4v) is 2.32. The van der Waals surface area contributed by atoms with E-state index in [0.717, 1.165) is 11.4 Å². The molecule has 0 spiro atoms. The maximum absolute atomic E-state index is 14.0. The Morgan fingerprint density at radius 2 is 2.06 bits per heavy atom. The molecule has 3 nitrogen and oxygen atoms in total. The van der Waals surface area contributed by atoms with Crippen LogP contribution in [-0.4, -0.2) is 14.8 Å². The minimum atomic E-state index is -0.259. The zero-order valence-electron chi connectivity index (χ0n) is 10.6. The molecule has 0 atom stereocenters. The largest absolute Gasteiger partial charge is 0.308 e. The van der Waals surface area contributed by atoms with Gasteiger partial charge in [0.05, 0.1) is 10.9 Å². The number of rotatable bonds is 3. The molecule has 1 aromatic carbocycles. The van der Waals surface area contributed by atoms with Crippen LogP contribution in [0.1, 0.15) is 31.3 Å². The SMILES string of the molecule is Cc1ccc(-c2nnc(CBr)n2C(C)C)c(F)c1. The molecule has 0 amide bonds. The van der Waals surface area contributed by atoms with Crippen molar-refractivity contribution in [2.24, 2.45) is 0 Å². The lowest BCUT2D eigenvalue weighted by atomic mass is 10.1. The third-order valence-corrected chi connectivity index (χ3v) is 3.27. The van der Waals surface area contributed by atoms with E-state index in [1.807, 2.05) is 31.4 Å². The lowest BCUT2D eigenvalue weighted by Gasteiger charge is -2.13. The molecule has 5 heteroatoms. The normalized spacial score (nSPS) is 11.2. The van der Waals surface area contributed by atoms with E-state index in [1.165, 1.54) is 6.07 Å². The highest BCUT2D eigenvalue weighted by atomic mass is 79.9. The second-order valence-corrected chi connectivity index (χ2v) is 5.08. The topological polar surface area (TPSA) is 30.7 Å². The first kappa shape index (κ1) is 13.2. The van der Waals surface area contributed by atoms with Gasteiger partial charge in [-0.3, -0.25) is 0 Å². The fraction of sp³-hybridized carbons (Fsp3) is 0.385. The monoisotopic (exact) mass is 311 g/mol. The van der Waals surface area contributed by atoms with Crippen LogP contribution in [-0.2, 0) is 5.33 Å². The predicted molar refractivity (Wildman–Crippen MR) is 73.2 cm³/mol. The smallest absolute Gasteiger partial charge is 0.167 e. The molecule has 18 heavy (non-hydrogen) atoms. The molecular formula is C13H15BrFN3. The van der Waals surface area contributed by atoms with Crippen molar-refractivity contribution in [1.82, 2.24) is 14.8 Å². The molecular weight excluding hydrogens is 297 g/mol. The number of benzene rings is 1. The Bertz CT molecular complexity index is 563. The van der Waals surface area contributed by atoms with Gasteiger partial charge < -0.3 is 4.57 Å². The molecule has 0 unspecified atom stereocenters. The van der Waals surface area contributed by atoms with Crippen LogP contribution in [0.4, 0.5) is 4.39 Å². The van der Waals surface area contributed by atoms with Crippen LogP contribution in [0.2, 0.25) is 0 Å². The van der Waals surface area contributed by atoms with Gasteiger partial charge in [-0.05, 0) is 38.5 Å². The fourth-order valence-electron chi connectivity index (χ4n) is 1.94. The molecule has 0 saturated carbocycles. The van der Waals surface area contributed by atoms with Gasteiger partial charge in [0.1, 0.15) is 11.6 Å². The first-order chi connectivity index (χ1) is 8.54. The average Bonchev–Trinajstić information content (AvgIpc) is 2.72. The van der Waals surface area contributed by atoms with Gasteiger partial charge in [-0.15, -0.1) is 10.2 Å². The molecule has 2 rings (SSSR count). The Hall–Kier alpha value is -1.23. The molecule has 96 valence electrons. The highest BCUT2D eigenvalue weighted by Crippen LogP contribution is 2.26. The van der Waals surface area contributed by atoms with E-state index >= 15 is 0 Å². The van der Waals surface area contributed by atoms with Gasteiger partial charge in [0, 0.05) is 6.04 Å². The van der Waals surface area contributed by atoms with E-state index < -0.39 is 0 Å². The number of alkyl halides is 1. The summed E-state index contributed by atoms with van der Waals surface area (Å²) < 4.78 is 15.9. The van der Waals surface area contributed by atoms with Crippen LogP contribution >= 0.6 is 15.9 Å². The van der Waals surface area contributed by atoms with Crippen molar-refractivity contribution in [1.29, 1.82) is 0 Å². The summed E-state index contributed by atoms with van der Waals surface area (Å²) in [7, 11) is 0. The lowest BCUT2D eigenvalue weighted by molar-refractivity contribution is 0.579. The van der Waals surface area contributed by atoms with E-state index in [4.69, 9.17) is 0 Å². The van der Waals surface area contributed by atoms with Crippen molar-refractivity contribution >= 4 is 15.9 Å². The molecule has 0 aliphatic rings. The van der Waals surface area contributed by atoms with E-state index in [0.29, 0.717) is 16.7 Å². The maximum atomic E-state index is 14.0. The van der Waals surface area contributed by atoms with Crippen LogP contribution < -0.4 is 0 Å². The number of nitrogens with zero attached hydrogens (tertiary/aromatic N) is 3. The quantitative estimate of drug-likeness (QED) is 0.806. The second kappa shape index (κ2) is 5.18. The van der Waals surface area contributed by atoms with Crippen molar-refractivity contribution in [3.8, 4) is 11.4 Å². The van der Waals surface area contributed by atoms with E-state index in [1.54, 1.807) is 6.07 Å². The number of aryl methyl sites for hydroxylation is 1. The van der Waals surface area contributed by atoms with Crippen LogP contribution in [0.25, 0.3) is 11.4 Å². The minimum Gasteiger partial charge on any atom is -0.308 e. The third-order valence-electron chi connectivity index (χ3n) is 2.77. The molecule has 1 aromatic heterocycles. The van der Waals surface area contributed by atoms with E-state index in [2.05, 4.69) is 26.1 Å². The number of aromatic nitrogens is 3. The van der Waals surface area contributed by atoms with E-state index in [-0.39, 0.29) is 11.9 Å². The van der Waals surface area contributed by atoms with Crippen LogP contribution in [0.5, 0.6) is 0 Å². The summed E-state index contributed by atoms with van der Waals surface area (Å²) in [5.74, 6) is 1.13. The van der Waals surface area contributed by atoms with Crippen LogP contribution in [0.15, 0.2) is 18.2 Å². The molecule has 0 saturated heterocycles. The highest BCUT2D eigenvalue weighted by molar-refractivity contribution is 9.08. The molecule has 2 aromatic rings. The molecule has 0 bridgehead atoms. The van der Waals surface area contributed by atoms with Gasteiger partial charge in [0.25, 0.3) is 0 Å². The van der Waals surface area contributed by atoms with Crippen molar-refractivity contribution in [3.05, 3.63) is 35.4 Å². The van der Waals surface area contributed by atoms with Gasteiger partial charge in [-0.2, -0.15) is 0 Å². The van der Waals surface area contributed by atoms with Crippen molar-refractivity contribution in [2.45, 2.75) is 32.1 Å². The first-order valence-corrected chi connectivity index (χ1v) is 6.93. The van der Waals surface area contributed by atoms with Crippen LogP contribution in [0, 0.1) is 12.7 Å². The van der Waals surface area contributed by atoms with Crippen molar-refractivity contribution in [3.63, 3.8) is 0 Å². The molecule has 0 fully saturated rings. The van der Waals surface area contributed by atoms with Crippen molar-refractivity contribution in [2.75, 3.05) is 0 Å². The van der Waals surface area contributed by atoms with Gasteiger partial charge in [-0.1, -0.05) is 22.0 Å². The summed E-state index contributed by atoms with van der Waals surface area (Å²) >= 11 is 3.38. The molecule has 0 radical (unpaired) electrons. The van der Waals surface area contributed by atoms with Gasteiger partial charge in [-0.25, -0.2) is 4.39 Å². The molecule has 0 aliphatic heterocycles. The minimum absolute atomic E-state index is 0.184. The maximum Gasteiger partial charge on any atom is 0.167 e. The second-order valence-electron chi connectivity index (χ2n) is 4.52. The number of halogens is 2. The Kier molecular flexibility index (Phi) is 3.80. The zero-order chi connectivity index (χ0) is 13.3. The van der Waals surface area contributed by atoms with E-state index in [9.17, 15) is 4.39 Å². The standard InChI is InChI=1S/C13H15BrFN3/c1-8(2)18-12(7-14)16-17-13(18)10-5-4-9(3)6-11(10)15/h4-6,8H,7H2,1-3H3.